The highest BCUT2D eigenvalue weighted by Gasteiger charge is 2.22. The quantitative estimate of drug-likeness (QED) is 0.740. The Morgan fingerprint density at radius 3 is 2.38 bits per heavy atom. The van der Waals surface area contributed by atoms with Crippen LogP contribution in [0.3, 0.4) is 0 Å². The molecule has 1 unspecified atom stereocenters. The van der Waals surface area contributed by atoms with Gasteiger partial charge in [0.05, 0.1) is 0 Å². The van der Waals surface area contributed by atoms with Crippen molar-refractivity contribution < 1.29 is 19.0 Å². The Morgan fingerprint density at radius 2 is 1.92 bits per heavy atom. The molecule has 1 atom stereocenters. The second kappa shape index (κ2) is 3.62. The lowest BCUT2D eigenvalue weighted by Crippen LogP contribution is -2.08. The Hall–Kier alpha value is -1.28. The number of rotatable bonds is 2. The van der Waals surface area contributed by atoms with E-state index in [1.807, 2.05) is 0 Å². The molecular weight excluding hydrogens is 191 g/mol. The molecule has 1 aromatic rings. The molecule has 0 aliphatic carbocycles. The molecule has 0 spiro atoms. The molecule has 0 bridgehead atoms. The van der Waals surface area contributed by atoms with Crippen molar-refractivity contribution in [1.29, 1.82) is 0 Å². The monoisotopic (exact) mass is 200 g/mol. The zero-order valence-electron chi connectivity index (χ0n) is 7.01. The summed E-state index contributed by atoms with van der Waals surface area (Å²) in [4.78, 5) is 10.2. The summed E-state index contributed by atoms with van der Waals surface area (Å²) >= 11 is 0. The van der Waals surface area contributed by atoms with Crippen molar-refractivity contribution in [2.24, 2.45) is 0 Å². The summed E-state index contributed by atoms with van der Waals surface area (Å²) in [5.41, 5.74) is 0. The summed E-state index contributed by atoms with van der Waals surface area (Å²) in [5, 5.41) is 8.72. The van der Waals surface area contributed by atoms with Crippen molar-refractivity contribution in [1.82, 2.24) is 0 Å². The Kier molecular flexibility index (Phi) is 2.73. The molecule has 0 heterocycles. The summed E-state index contributed by atoms with van der Waals surface area (Å²) in [7, 11) is -3.20. The topological polar surface area (TPSA) is 63.6 Å². The molecule has 0 radical (unpaired) electrons. The van der Waals surface area contributed by atoms with Gasteiger partial charge in [-0.2, -0.15) is 0 Å². The Bertz CT molecular complexity index is 346. The molecular formula is C8H9O4P. The van der Waals surface area contributed by atoms with Gasteiger partial charge in [0.15, 0.2) is 0 Å². The molecule has 1 N–H and O–H groups in total. The van der Waals surface area contributed by atoms with Crippen molar-refractivity contribution in [2.45, 2.75) is 0 Å². The molecule has 0 aromatic heterocycles. The lowest BCUT2D eigenvalue weighted by atomic mass is 10.4. The smallest absolute Gasteiger partial charge is 0.450 e. The van der Waals surface area contributed by atoms with E-state index in [1.54, 1.807) is 30.3 Å². The maximum Gasteiger partial charge on any atom is 0.511 e. The summed E-state index contributed by atoms with van der Waals surface area (Å²) in [6.45, 7) is 1.27. The van der Waals surface area contributed by atoms with Gasteiger partial charge in [0.25, 0.3) is 7.37 Å². The van der Waals surface area contributed by atoms with Gasteiger partial charge in [-0.1, -0.05) is 18.2 Å². The summed E-state index contributed by atoms with van der Waals surface area (Å²) in [6, 6.07) is 8.26. The van der Waals surface area contributed by atoms with E-state index in [1.165, 1.54) is 6.66 Å². The number of hydrogen-bond donors (Lipinski definition) is 1. The van der Waals surface area contributed by atoms with Crippen LogP contribution < -0.4 is 5.30 Å². The summed E-state index contributed by atoms with van der Waals surface area (Å²) in [6.07, 6.45) is -1.52. The van der Waals surface area contributed by atoms with Gasteiger partial charge in [0, 0.05) is 12.0 Å². The Labute approximate surface area is 75.6 Å². The highest BCUT2D eigenvalue weighted by Crippen LogP contribution is 2.40. The normalized spacial score (nSPS) is 14.5. The van der Waals surface area contributed by atoms with E-state index in [0.29, 0.717) is 5.30 Å². The first-order chi connectivity index (χ1) is 6.02. The SMILES string of the molecule is CP(=O)(OC(=O)O)c1ccccc1. The predicted octanol–water partition coefficient (Wildman–Crippen LogP) is 1.91. The number of hydrogen-bond acceptors (Lipinski definition) is 3. The van der Waals surface area contributed by atoms with Gasteiger partial charge in [0.1, 0.15) is 0 Å². The van der Waals surface area contributed by atoms with Crippen LogP contribution in [0, 0.1) is 0 Å². The summed E-state index contributed by atoms with van der Waals surface area (Å²) < 4.78 is 15.9. The van der Waals surface area contributed by atoms with Crippen molar-refractivity contribution >= 4 is 18.8 Å². The van der Waals surface area contributed by atoms with Crippen molar-refractivity contribution in [3.05, 3.63) is 30.3 Å². The highest BCUT2D eigenvalue weighted by molar-refractivity contribution is 7.66. The van der Waals surface area contributed by atoms with Gasteiger partial charge >= 0.3 is 6.16 Å². The molecule has 0 saturated heterocycles. The van der Waals surface area contributed by atoms with Crippen LogP contribution in [0.2, 0.25) is 0 Å². The minimum Gasteiger partial charge on any atom is -0.450 e. The van der Waals surface area contributed by atoms with Crippen LogP contribution >= 0.6 is 7.37 Å². The third-order valence-electron chi connectivity index (χ3n) is 1.48. The predicted molar refractivity (Wildman–Crippen MR) is 48.7 cm³/mol. The Balaban J connectivity index is 2.95. The second-order valence-electron chi connectivity index (χ2n) is 2.54. The largest absolute Gasteiger partial charge is 0.511 e. The molecule has 70 valence electrons. The minimum atomic E-state index is -3.20. The molecule has 0 aliphatic heterocycles. The fourth-order valence-electron chi connectivity index (χ4n) is 0.901. The fraction of sp³-hybridized carbons (Fsp3) is 0.125. The van der Waals surface area contributed by atoms with Crippen LogP contribution in [0.1, 0.15) is 0 Å². The number of benzene rings is 1. The van der Waals surface area contributed by atoms with E-state index in [2.05, 4.69) is 4.52 Å². The van der Waals surface area contributed by atoms with Crippen LogP contribution in [0.15, 0.2) is 30.3 Å². The highest BCUT2D eigenvalue weighted by atomic mass is 31.2. The number of carbonyl (C=O) groups is 1. The van der Waals surface area contributed by atoms with Gasteiger partial charge in [-0.25, -0.2) is 4.79 Å². The molecule has 13 heavy (non-hydrogen) atoms. The lowest BCUT2D eigenvalue weighted by molar-refractivity contribution is 0.147. The van der Waals surface area contributed by atoms with Crippen LogP contribution in [-0.4, -0.2) is 17.9 Å². The molecule has 4 nitrogen and oxygen atoms in total. The molecule has 0 fully saturated rings. The van der Waals surface area contributed by atoms with Crippen molar-refractivity contribution in [2.75, 3.05) is 6.66 Å². The first-order valence-electron chi connectivity index (χ1n) is 3.58. The van der Waals surface area contributed by atoms with Crippen molar-refractivity contribution in [3.8, 4) is 0 Å². The standard InChI is InChI=1S/C8H9O4P/c1-13(11,12-8(9)10)7-5-3-2-4-6-7/h2-6H,1H3,(H,9,10). The zero-order valence-corrected chi connectivity index (χ0v) is 7.90. The minimum absolute atomic E-state index is 0.400. The first kappa shape index (κ1) is 9.81. The van der Waals surface area contributed by atoms with Gasteiger partial charge in [-0.3, -0.25) is 4.57 Å². The molecule has 0 saturated carbocycles. The Morgan fingerprint density at radius 1 is 1.38 bits per heavy atom. The van der Waals surface area contributed by atoms with Gasteiger partial charge in [-0.15, -0.1) is 0 Å². The molecule has 1 rings (SSSR count). The van der Waals surface area contributed by atoms with E-state index in [0.717, 1.165) is 0 Å². The molecule has 1 aromatic carbocycles. The average Bonchev–Trinajstić information content (AvgIpc) is 2.04. The van der Waals surface area contributed by atoms with Gasteiger partial charge < -0.3 is 9.63 Å². The lowest BCUT2D eigenvalue weighted by Gasteiger charge is -2.10. The van der Waals surface area contributed by atoms with Crippen LogP contribution in [0.25, 0.3) is 0 Å². The first-order valence-corrected chi connectivity index (χ1v) is 5.65. The van der Waals surface area contributed by atoms with E-state index < -0.39 is 13.5 Å². The zero-order chi connectivity index (χ0) is 9.90. The van der Waals surface area contributed by atoms with Crippen LogP contribution in [0.4, 0.5) is 4.79 Å². The van der Waals surface area contributed by atoms with Crippen molar-refractivity contribution in [3.63, 3.8) is 0 Å². The summed E-state index contributed by atoms with van der Waals surface area (Å²) in [5.74, 6) is 0. The third kappa shape index (κ3) is 2.60. The van der Waals surface area contributed by atoms with Crippen LogP contribution in [-0.2, 0) is 9.09 Å². The maximum atomic E-state index is 11.6. The van der Waals surface area contributed by atoms with Crippen LogP contribution in [0.5, 0.6) is 0 Å². The van der Waals surface area contributed by atoms with E-state index in [9.17, 15) is 9.36 Å². The third-order valence-corrected chi connectivity index (χ3v) is 3.22. The van der Waals surface area contributed by atoms with E-state index >= 15 is 0 Å². The van der Waals surface area contributed by atoms with Gasteiger partial charge in [0.2, 0.25) is 0 Å². The number of carboxylic acid groups (broad SMARTS) is 1. The second-order valence-corrected chi connectivity index (χ2v) is 4.93. The van der Waals surface area contributed by atoms with Gasteiger partial charge in [-0.05, 0) is 12.1 Å². The molecule has 0 aliphatic rings. The fourth-order valence-corrected chi connectivity index (χ4v) is 2.02. The van der Waals surface area contributed by atoms with E-state index in [4.69, 9.17) is 5.11 Å². The maximum absolute atomic E-state index is 11.6. The molecule has 0 amide bonds. The molecule has 5 heteroatoms. The van der Waals surface area contributed by atoms with E-state index in [-0.39, 0.29) is 0 Å². The average molecular weight is 200 g/mol.